The number of benzene rings is 6. The Kier molecular flexibility index (Phi) is 17.8. The Morgan fingerprint density at radius 2 is 1.05 bits per heavy atom. The van der Waals surface area contributed by atoms with Crippen LogP contribution >= 0.6 is 8.25 Å². The zero-order valence-corrected chi connectivity index (χ0v) is 35.8. The van der Waals surface area contributed by atoms with Gasteiger partial charge >= 0.3 is 8.25 Å². The van der Waals surface area contributed by atoms with Crippen LogP contribution in [0, 0.1) is 0 Å². The van der Waals surface area contributed by atoms with Crippen molar-refractivity contribution in [3.63, 3.8) is 0 Å². The van der Waals surface area contributed by atoms with E-state index < -0.39 is 51.2 Å². The minimum absolute atomic E-state index is 0.0364. The van der Waals surface area contributed by atoms with Gasteiger partial charge < -0.3 is 47.3 Å². The topological polar surface area (TPSA) is 120 Å². The maximum absolute atomic E-state index is 12.1. The molecule has 0 radical (unpaired) electrons. The molecular formula is C50H55O11P. The Balaban J connectivity index is 1.15. The van der Waals surface area contributed by atoms with Gasteiger partial charge in [-0.3, -0.25) is 4.57 Å². The highest BCUT2D eigenvalue weighted by atomic mass is 31.1. The summed E-state index contributed by atoms with van der Waals surface area (Å²) in [7, 11) is -1.90. The molecule has 1 saturated heterocycles. The van der Waals surface area contributed by atoms with E-state index in [0.717, 1.165) is 38.6 Å². The fraction of sp³-hybridized carbons (Fsp3) is 0.320. The predicted octanol–water partition coefficient (Wildman–Crippen LogP) is 8.85. The fourth-order valence-corrected chi connectivity index (χ4v) is 7.91. The molecule has 0 saturated carbocycles. The molecule has 1 aliphatic heterocycles. The average Bonchev–Trinajstić information content (AvgIpc) is 3.64. The molecule has 11 nitrogen and oxygen atoms in total. The molecule has 0 amide bonds. The van der Waals surface area contributed by atoms with E-state index in [0.29, 0.717) is 19.8 Å². The Labute approximate surface area is 364 Å². The van der Waals surface area contributed by atoms with Crippen LogP contribution in [0.2, 0.25) is 0 Å². The van der Waals surface area contributed by atoms with E-state index >= 15 is 0 Å². The van der Waals surface area contributed by atoms with Gasteiger partial charge in [-0.2, -0.15) is 0 Å². The van der Waals surface area contributed by atoms with Crippen molar-refractivity contribution in [2.24, 2.45) is 0 Å². The molecule has 8 unspecified atom stereocenters. The van der Waals surface area contributed by atoms with Gasteiger partial charge in [-0.25, -0.2) is 0 Å². The molecule has 1 N–H and O–H groups in total. The lowest BCUT2D eigenvalue weighted by molar-refractivity contribution is -0.221. The number of fused-ring (bicyclic) bond motifs is 1. The maximum Gasteiger partial charge on any atom is 0.317 e. The van der Waals surface area contributed by atoms with Gasteiger partial charge in [-0.1, -0.05) is 158 Å². The molecule has 0 bridgehead atoms. The summed E-state index contributed by atoms with van der Waals surface area (Å²) in [6.45, 7) is 1.67. The average molecular weight is 863 g/mol. The quantitative estimate of drug-likeness (QED) is 0.0556. The van der Waals surface area contributed by atoms with Gasteiger partial charge in [0.2, 0.25) is 0 Å². The van der Waals surface area contributed by atoms with Gasteiger partial charge in [0.05, 0.1) is 52.9 Å². The first kappa shape index (κ1) is 45.4. The highest BCUT2D eigenvalue weighted by molar-refractivity contribution is 7.32. The fourth-order valence-electron chi connectivity index (χ4n) is 7.40. The highest BCUT2D eigenvalue weighted by Gasteiger charge is 2.48. The van der Waals surface area contributed by atoms with Crippen molar-refractivity contribution >= 4 is 19.0 Å². The molecular weight excluding hydrogens is 808 g/mol. The predicted molar refractivity (Wildman–Crippen MR) is 236 cm³/mol. The van der Waals surface area contributed by atoms with Crippen LogP contribution in [0.1, 0.15) is 27.8 Å². The smallest absolute Gasteiger partial charge is 0.317 e. The number of ether oxygens (including phenoxy) is 8. The van der Waals surface area contributed by atoms with E-state index in [1.165, 1.54) is 7.11 Å². The van der Waals surface area contributed by atoms with Crippen molar-refractivity contribution in [2.45, 2.75) is 75.9 Å². The van der Waals surface area contributed by atoms with Crippen LogP contribution in [-0.2, 0) is 80.0 Å². The number of rotatable bonds is 25. The Morgan fingerprint density at radius 1 is 0.548 bits per heavy atom. The zero-order chi connectivity index (χ0) is 42.8. The number of methoxy groups -OCH3 is 1. The molecule has 1 aliphatic rings. The molecule has 0 aliphatic carbocycles. The summed E-state index contributed by atoms with van der Waals surface area (Å²) in [5.74, 6) is 0. The number of hydrogen-bond acceptors (Lipinski definition) is 10. The lowest BCUT2D eigenvalue weighted by atomic mass is 10.1. The van der Waals surface area contributed by atoms with Crippen LogP contribution in [0.4, 0.5) is 0 Å². The van der Waals surface area contributed by atoms with Crippen LogP contribution in [0.3, 0.4) is 0 Å². The van der Waals surface area contributed by atoms with Gasteiger partial charge in [0.15, 0.2) is 6.29 Å². The second-order valence-electron chi connectivity index (χ2n) is 15.1. The van der Waals surface area contributed by atoms with Crippen molar-refractivity contribution in [2.75, 3.05) is 26.9 Å². The summed E-state index contributed by atoms with van der Waals surface area (Å²) in [6.07, 6.45) is -5.70. The second-order valence-corrected chi connectivity index (χ2v) is 15.8. The van der Waals surface area contributed by atoms with E-state index in [9.17, 15) is 9.46 Å². The van der Waals surface area contributed by atoms with Crippen LogP contribution in [-0.4, -0.2) is 74.7 Å². The standard InChI is InChI=1S/C50H55O11P/c1-53-49-48(61-62(51)52)46(35-54-29-37-16-6-2-7-17-37)60-50(49)59-36-45(57-32-39-20-10-4-11-21-39)47(58-33-40-22-12-5-13-23-40)44(56-31-38-18-8-3-9-19-38)34-55-30-41-26-27-42-24-14-15-25-43(42)28-41/h2-28,44-50,62H,29-36H2,1H3,(H,51,52). The molecule has 0 spiro atoms. The van der Waals surface area contributed by atoms with Crippen LogP contribution in [0.5, 0.6) is 0 Å². The Bertz CT molecular complexity index is 2200. The third-order valence-electron chi connectivity index (χ3n) is 10.6. The van der Waals surface area contributed by atoms with E-state index in [2.05, 4.69) is 30.3 Å². The lowest BCUT2D eigenvalue weighted by Crippen LogP contribution is -2.48. The summed E-state index contributed by atoms with van der Waals surface area (Å²) in [6, 6.07) is 54.0. The van der Waals surface area contributed by atoms with Crippen LogP contribution in [0.25, 0.3) is 10.8 Å². The molecule has 0 aromatic heterocycles. The third kappa shape index (κ3) is 13.7. The summed E-state index contributed by atoms with van der Waals surface area (Å²) in [4.78, 5) is 9.91. The third-order valence-corrected chi connectivity index (χ3v) is 11.1. The summed E-state index contributed by atoms with van der Waals surface area (Å²) in [5, 5.41) is 2.29. The molecule has 6 aromatic carbocycles. The minimum Gasteiger partial charge on any atom is -0.374 e. The van der Waals surface area contributed by atoms with Gasteiger partial charge in [-0.05, 0) is 44.7 Å². The van der Waals surface area contributed by atoms with Gasteiger partial charge in [0.25, 0.3) is 0 Å². The first-order chi connectivity index (χ1) is 30.5. The summed E-state index contributed by atoms with van der Waals surface area (Å²) < 4.78 is 69.3. The van der Waals surface area contributed by atoms with Gasteiger partial charge in [-0.15, -0.1) is 0 Å². The maximum atomic E-state index is 12.1. The Morgan fingerprint density at radius 3 is 1.61 bits per heavy atom. The van der Waals surface area contributed by atoms with Crippen molar-refractivity contribution < 1.29 is 51.9 Å². The highest BCUT2D eigenvalue weighted by Crippen LogP contribution is 2.34. The van der Waals surface area contributed by atoms with Crippen LogP contribution in [0.15, 0.2) is 164 Å². The first-order valence-corrected chi connectivity index (χ1v) is 22.1. The largest absolute Gasteiger partial charge is 0.374 e. The Hall–Kier alpha value is -4.59. The monoisotopic (exact) mass is 862 g/mol. The molecule has 326 valence electrons. The zero-order valence-electron chi connectivity index (χ0n) is 34.8. The SMILES string of the molecule is COC1C(OCC(OCc2ccccc2)C(OCc2ccccc2)C(COCc2ccc3ccccc3c2)OCc2ccccc2)OC(COCc2ccccc2)C1O[PH](=O)O. The molecule has 6 aromatic rings. The van der Waals surface area contributed by atoms with Gasteiger partial charge in [0, 0.05) is 7.11 Å². The van der Waals surface area contributed by atoms with E-state index in [1.807, 2.05) is 133 Å². The van der Waals surface area contributed by atoms with Crippen molar-refractivity contribution in [3.05, 3.63) is 192 Å². The molecule has 12 heteroatoms. The molecule has 1 heterocycles. The summed E-state index contributed by atoms with van der Waals surface area (Å²) in [5.41, 5.74) is 4.91. The molecule has 62 heavy (non-hydrogen) atoms. The molecule has 1 fully saturated rings. The molecule has 7 rings (SSSR count). The van der Waals surface area contributed by atoms with Crippen LogP contribution < -0.4 is 0 Å². The lowest BCUT2D eigenvalue weighted by Gasteiger charge is -2.34. The minimum atomic E-state index is -3.38. The van der Waals surface area contributed by atoms with E-state index in [4.69, 9.17) is 42.4 Å². The van der Waals surface area contributed by atoms with Crippen molar-refractivity contribution in [1.82, 2.24) is 0 Å². The molecule has 8 atom stereocenters. The second kappa shape index (κ2) is 24.3. The van der Waals surface area contributed by atoms with Crippen molar-refractivity contribution in [3.8, 4) is 0 Å². The number of hydrogen-bond donors (Lipinski definition) is 1. The van der Waals surface area contributed by atoms with Gasteiger partial charge in [0.1, 0.15) is 36.6 Å². The normalized spacial score (nSPS) is 19.6. The van der Waals surface area contributed by atoms with E-state index in [-0.39, 0.29) is 33.0 Å². The van der Waals surface area contributed by atoms with E-state index in [1.54, 1.807) is 0 Å². The van der Waals surface area contributed by atoms with Crippen molar-refractivity contribution in [1.29, 1.82) is 0 Å². The first-order valence-electron chi connectivity index (χ1n) is 20.9. The summed E-state index contributed by atoms with van der Waals surface area (Å²) >= 11 is 0.